The lowest BCUT2D eigenvalue weighted by Gasteiger charge is -1.99. The first-order valence-electron chi connectivity index (χ1n) is 4.81. The molecule has 1 heterocycles. The van der Waals surface area contributed by atoms with Crippen LogP contribution in [-0.2, 0) is 6.42 Å². The lowest BCUT2D eigenvalue weighted by molar-refractivity contribution is 0.297. The van der Waals surface area contributed by atoms with Crippen molar-refractivity contribution in [2.45, 2.75) is 6.42 Å². The topological polar surface area (TPSA) is 48.9 Å². The number of aliphatic hydroxyl groups excluding tert-OH is 1. The Labute approximate surface area is 90.8 Å². The van der Waals surface area contributed by atoms with E-state index in [0.717, 1.165) is 18.2 Å². The molecule has 0 aliphatic rings. The number of H-pyrrole nitrogens is 1. The van der Waals surface area contributed by atoms with Gasteiger partial charge >= 0.3 is 0 Å². The quantitative estimate of drug-likeness (QED) is 0.836. The minimum atomic E-state index is -0.513. The second kappa shape index (κ2) is 4.40. The number of halogens is 2. The third-order valence-electron chi connectivity index (χ3n) is 2.20. The van der Waals surface area contributed by atoms with Gasteiger partial charge in [-0.05, 0) is 18.2 Å². The standard InChI is InChI=1S/C11H10F2N2O/c12-7-1-2-9(13)8(5-7)10-6-14-11(15-10)3-4-16/h1-2,5-6,16H,3-4H2,(H,14,15). The number of aromatic amines is 1. The molecule has 0 amide bonds. The van der Waals surface area contributed by atoms with E-state index >= 15 is 0 Å². The molecular weight excluding hydrogens is 214 g/mol. The monoisotopic (exact) mass is 224 g/mol. The van der Waals surface area contributed by atoms with Crippen LogP contribution in [0.4, 0.5) is 8.78 Å². The molecule has 84 valence electrons. The van der Waals surface area contributed by atoms with Crippen molar-refractivity contribution in [3.05, 3.63) is 41.9 Å². The molecule has 0 atom stereocenters. The first-order valence-corrected chi connectivity index (χ1v) is 4.81. The third-order valence-corrected chi connectivity index (χ3v) is 2.20. The van der Waals surface area contributed by atoms with Crippen molar-refractivity contribution in [2.75, 3.05) is 6.61 Å². The van der Waals surface area contributed by atoms with E-state index in [1.807, 2.05) is 0 Å². The molecule has 2 aromatic rings. The fourth-order valence-electron chi connectivity index (χ4n) is 1.44. The van der Waals surface area contributed by atoms with E-state index in [9.17, 15) is 8.78 Å². The first kappa shape index (κ1) is 10.8. The molecule has 0 unspecified atom stereocenters. The molecule has 5 heteroatoms. The van der Waals surface area contributed by atoms with E-state index < -0.39 is 11.6 Å². The van der Waals surface area contributed by atoms with Crippen LogP contribution in [0.25, 0.3) is 11.3 Å². The second-order valence-corrected chi connectivity index (χ2v) is 3.34. The Morgan fingerprint density at radius 2 is 2.12 bits per heavy atom. The van der Waals surface area contributed by atoms with Crippen LogP contribution in [0, 0.1) is 11.6 Å². The van der Waals surface area contributed by atoms with Crippen LogP contribution in [0.2, 0.25) is 0 Å². The molecule has 0 fully saturated rings. The summed E-state index contributed by atoms with van der Waals surface area (Å²) in [5.74, 6) is -0.475. The molecule has 3 nitrogen and oxygen atoms in total. The highest BCUT2D eigenvalue weighted by Gasteiger charge is 2.09. The van der Waals surface area contributed by atoms with Gasteiger partial charge in [0.15, 0.2) is 0 Å². The van der Waals surface area contributed by atoms with E-state index in [1.165, 1.54) is 6.20 Å². The minimum absolute atomic E-state index is 0.0431. The fourth-order valence-corrected chi connectivity index (χ4v) is 1.44. The molecule has 2 rings (SSSR count). The lowest BCUT2D eigenvalue weighted by atomic mass is 10.1. The van der Waals surface area contributed by atoms with Crippen molar-refractivity contribution >= 4 is 0 Å². The lowest BCUT2D eigenvalue weighted by Crippen LogP contribution is -1.93. The van der Waals surface area contributed by atoms with Crippen LogP contribution in [0.3, 0.4) is 0 Å². The summed E-state index contributed by atoms with van der Waals surface area (Å²) < 4.78 is 26.3. The van der Waals surface area contributed by atoms with Crippen molar-refractivity contribution < 1.29 is 13.9 Å². The summed E-state index contributed by atoms with van der Waals surface area (Å²) in [6.45, 7) is -0.0431. The smallest absolute Gasteiger partial charge is 0.132 e. The summed E-state index contributed by atoms with van der Waals surface area (Å²) in [5.41, 5.74) is 0.539. The van der Waals surface area contributed by atoms with Crippen LogP contribution in [-0.4, -0.2) is 21.7 Å². The number of imidazole rings is 1. The molecule has 0 spiro atoms. The zero-order chi connectivity index (χ0) is 11.5. The van der Waals surface area contributed by atoms with Crippen molar-refractivity contribution in [3.63, 3.8) is 0 Å². The number of hydrogen-bond acceptors (Lipinski definition) is 2. The minimum Gasteiger partial charge on any atom is -0.396 e. The van der Waals surface area contributed by atoms with E-state index in [-0.39, 0.29) is 12.2 Å². The number of nitrogens with zero attached hydrogens (tertiary/aromatic N) is 1. The average Bonchev–Trinajstić information content (AvgIpc) is 2.71. The summed E-state index contributed by atoms with van der Waals surface area (Å²) in [7, 11) is 0. The third kappa shape index (κ3) is 2.09. The maximum absolute atomic E-state index is 13.4. The van der Waals surface area contributed by atoms with Gasteiger partial charge in [0.2, 0.25) is 0 Å². The number of rotatable bonds is 3. The number of benzene rings is 1. The molecule has 2 N–H and O–H groups in total. The van der Waals surface area contributed by atoms with Crippen LogP contribution < -0.4 is 0 Å². The van der Waals surface area contributed by atoms with Crippen molar-refractivity contribution in [1.29, 1.82) is 0 Å². The molecule has 0 aliphatic heterocycles. The molecular formula is C11H10F2N2O. The van der Waals surface area contributed by atoms with Crippen LogP contribution in [0.1, 0.15) is 5.82 Å². The van der Waals surface area contributed by atoms with Crippen molar-refractivity contribution in [1.82, 2.24) is 9.97 Å². The first-order chi connectivity index (χ1) is 7.70. The maximum Gasteiger partial charge on any atom is 0.132 e. The average molecular weight is 224 g/mol. The van der Waals surface area contributed by atoms with Crippen molar-refractivity contribution in [3.8, 4) is 11.3 Å². The highest BCUT2D eigenvalue weighted by Crippen LogP contribution is 2.21. The van der Waals surface area contributed by atoms with Gasteiger partial charge in [0.05, 0.1) is 18.5 Å². The Balaban J connectivity index is 2.38. The van der Waals surface area contributed by atoms with Gasteiger partial charge in [0.25, 0.3) is 0 Å². The van der Waals surface area contributed by atoms with Crippen LogP contribution >= 0.6 is 0 Å². The second-order valence-electron chi connectivity index (χ2n) is 3.34. The Kier molecular flexibility index (Phi) is 2.96. The Morgan fingerprint density at radius 1 is 1.31 bits per heavy atom. The maximum atomic E-state index is 13.4. The van der Waals surface area contributed by atoms with Crippen molar-refractivity contribution in [2.24, 2.45) is 0 Å². The van der Waals surface area contributed by atoms with Gasteiger partial charge in [-0.15, -0.1) is 0 Å². The molecule has 1 aromatic heterocycles. The molecule has 0 saturated heterocycles. The van der Waals surface area contributed by atoms with E-state index in [0.29, 0.717) is 17.9 Å². The van der Waals surface area contributed by atoms with Gasteiger partial charge in [0.1, 0.15) is 17.5 Å². The highest BCUT2D eigenvalue weighted by atomic mass is 19.1. The summed E-state index contributed by atoms with van der Waals surface area (Å²) >= 11 is 0. The predicted octanol–water partition coefficient (Wildman–Crippen LogP) is 1.89. The summed E-state index contributed by atoms with van der Waals surface area (Å²) in [4.78, 5) is 6.77. The Hall–Kier alpha value is -1.75. The number of nitrogens with one attached hydrogen (secondary N) is 1. The SMILES string of the molecule is OCCc1ncc(-c2cc(F)ccc2F)[nH]1. The van der Waals surface area contributed by atoms with E-state index in [4.69, 9.17) is 5.11 Å². The van der Waals surface area contributed by atoms with Gasteiger partial charge in [-0.2, -0.15) is 0 Å². The Bertz CT molecular complexity index is 496. The predicted molar refractivity (Wildman–Crippen MR) is 54.7 cm³/mol. The Morgan fingerprint density at radius 3 is 2.88 bits per heavy atom. The normalized spacial score (nSPS) is 10.7. The molecule has 0 bridgehead atoms. The van der Waals surface area contributed by atoms with Crippen LogP contribution in [0.5, 0.6) is 0 Å². The largest absolute Gasteiger partial charge is 0.396 e. The molecule has 1 aromatic carbocycles. The van der Waals surface area contributed by atoms with Gasteiger partial charge in [-0.3, -0.25) is 0 Å². The summed E-state index contributed by atoms with van der Waals surface area (Å²) in [6, 6.07) is 3.23. The number of hydrogen-bond donors (Lipinski definition) is 2. The molecule has 0 aliphatic carbocycles. The fraction of sp³-hybridized carbons (Fsp3) is 0.182. The number of aliphatic hydroxyl groups is 1. The van der Waals surface area contributed by atoms with Crippen LogP contribution in [0.15, 0.2) is 24.4 Å². The van der Waals surface area contributed by atoms with Gasteiger partial charge in [-0.25, -0.2) is 13.8 Å². The van der Waals surface area contributed by atoms with Gasteiger partial charge < -0.3 is 10.1 Å². The molecule has 0 radical (unpaired) electrons. The molecule has 0 saturated carbocycles. The number of aromatic nitrogens is 2. The molecule has 16 heavy (non-hydrogen) atoms. The van der Waals surface area contributed by atoms with E-state index in [2.05, 4.69) is 9.97 Å². The summed E-state index contributed by atoms with van der Waals surface area (Å²) in [6.07, 6.45) is 1.78. The highest BCUT2D eigenvalue weighted by molar-refractivity contribution is 5.59. The van der Waals surface area contributed by atoms with Gasteiger partial charge in [-0.1, -0.05) is 0 Å². The summed E-state index contributed by atoms with van der Waals surface area (Å²) in [5, 5.41) is 8.70. The van der Waals surface area contributed by atoms with Gasteiger partial charge in [0, 0.05) is 12.0 Å². The zero-order valence-electron chi connectivity index (χ0n) is 8.37. The van der Waals surface area contributed by atoms with E-state index in [1.54, 1.807) is 0 Å². The zero-order valence-corrected chi connectivity index (χ0v) is 8.37.